The fourth-order valence-corrected chi connectivity index (χ4v) is 8.91. The number of rotatable bonds is 17. The first-order valence-corrected chi connectivity index (χ1v) is 21.4. The molecule has 2 aromatic heterocycles. The summed E-state index contributed by atoms with van der Waals surface area (Å²) < 4.78 is 93.8. The van der Waals surface area contributed by atoms with Crippen molar-refractivity contribution in [3.05, 3.63) is 130 Å². The molecule has 64 heavy (non-hydrogen) atoms. The molecule has 1 aliphatic heterocycles. The highest BCUT2D eigenvalue weighted by Gasteiger charge is 2.39. The molecule has 0 unspecified atom stereocenters. The molecule has 1 amide bonds. The molecular weight excluding hydrogens is 863 g/mol. The molecule has 0 fully saturated rings. The van der Waals surface area contributed by atoms with Gasteiger partial charge >= 0.3 is 6.18 Å². The first-order valence-electron chi connectivity index (χ1n) is 19.8. The molecule has 0 saturated heterocycles. The van der Waals surface area contributed by atoms with Gasteiger partial charge in [0, 0.05) is 55.7 Å². The third kappa shape index (κ3) is 9.99. The van der Waals surface area contributed by atoms with E-state index < -0.39 is 67.7 Å². The van der Waals surface area contributed by atoms with Gasteiger partial charge in [0.15, 0.2) is 15.4 Å². The minimum atomic E-state index is -4.89. The van der Waals surface area contributed by atoms with Gasteiger partial charge in [0.25, 0.3) is 11.5 Å². The van der Waals surface area contributed by atoms with Crippen LogP contribution in [-0.2, 0) is 32.6 Å². The molecule has 3 atom stereocenters. The number of hydrogen-bond donors (Lipinski definition) is 5. The van der Waals surface area contributed by atoms with E-state index in [0.29, 0.717) is 67.0 Å². The number of ether oxygens (including phenoxy) is 2. The molecule has 7 rings (SSSR count). The van der Waals surface area contributed by atoms with Crippen molar-refractivity contribution < 1.29 is 45.4 Å². The van der Waals surface area contributed by atoms with Crippen molar-refractivity contribution in [2.45, 2.75) is 48.4 Å². The van der Waals surface area contributed by atoms with Crippen LogP contribution in [-0.4, -0.2) is 82.1 Å². The van der Waals surface area contributed by atoms with Gasteiger partial charge in [-0.15, -0.1) is 0 Å². The van der Waals surface area contributed by atoms with Crippen LogP contribution in [0.4, 0.5) is 34.6 Å². The molecule has 0 bridgehead atoms. The number of carbonyl (C=O) groups is 1. The van der Waals surface area contributed by atoms with E-state index in [1.54, 1.807) is 11.7 Å². The number of nitrogens with one attached hydrogen (secondary N) is 4. The summed E-state index contributed by atoms with van der Waals surface area (Å²) in [5.74, 6) is -2.35. The number of sulfone groups is 1. The molecule has 16 nitrogen and oxygen atoms in total. The number of anilines is 3. The number of H-pyrrole nitrogens is 1. The molecule has 1 aliphatic rings. The van der Waals surface area contributed by atoms with Crippen LogP contribution in [0.3, 0.4) is 0 Å². The van der Waals surface area contributed by atoms with Crippen molar-refractivity contribution in [2.24, 2.45) is 7.05 Å². The van der Waals surface area contributed by atoms with Crippen LogP contribution in [0.25, 0.3) is 10.8 Å². The molecule has 5 N–H and O–H groups in total. The molecule has 21 heteroatoms. The number of aliphatic hydroxyl groups is 1. The number of nitrogens with zero attached hydrogens (tertiary/aromatic N) is 5. The maximum Gasteiger partial charge on any atom is 0.417 e. The van der Waals surface area contributed by atoms with E-state index in [0.717, 1.165) is 30.3 Å². The topological polar surface area (TPSA) is 226 Å². The molecule has 4 aromatic carbocycles. The number of carbonyl (C=O) groups excluding carboxylic acids is 1. The third-order valence-electron chi connectivity index (χ3n) is 10.5. The average Bonchev–Trinajstić information content (AvgIpc) is 3.68. The van der Waals surface area contributed by atoms with Gasteiger partial charge < -0.3 is 30.5 Å². The quantitative estimate of drug-likeness (QED) is 0.0537. The summed E-state index contributed by atoms with van der Waals surface area (Å²) in [4.78, 5) is 29.6. The molecular formula is C43H41F4N9O7S. The second kappa shape index (κ2) is 18.4. The number of hydrogen-bond acceptors (Lipinski definition) is 13. The van der Waals surface area contributed by atoms with Gasteiger partial charge in [0.2, 0.25) is 0 Å². The second-order valence-electron chi connectivity index (χ2n) is 15.2. The minimum Gasteiger partial charge on any atom is -0.494 e. The largest absolute Gasteiger partial charge is 0.494 e. The normalized spacial score (nSPS) is 15.8. The van der Waals surface area contributed by atoms with Crippen LogP contribution in [0.5, 0.6) is 5.75 Å². The van der Waals surface area contributed by atoms with Crippen molar-refractivity contribution in [1.29, 1.82) is 5.26 Å². The SMILES string of the molecule is Cn1ncnc1[C@H]1c2n[nH]c(=O)c3cc(F)cc(c23)N[C@@H]1c1ccc(NCCCOCCCOc2ccc(S(=O)(=O)C[C@](C)(O)C(=O)Nc3ccc(C#N)c(C(F)(F)F)c3)cc2)cc1. The molecule has 334 valence electrons. The van der Waals surface area contributed by atoms with Crippen molar-refractivity contribution >= 4 is 43.6 Å². The van der Waals surface area contributed by atoms with Gasteiger partial charge in [0.1, 0.15) is 23.7 Å². The predicted octanol–water partition coefficient (Wildman–Crippen LogP) is 5.83. The van der Waals surface area contributed by atoms with E-state index in [1.807, 2.05) is 24.3 Å². The Bertz CT molecular complexity index is 2880. The number of aryl methyl sites for hydroxylation is 1. The van der Waals surface area contributed by atoms with Crippen molar-refractivity contribution in [3.8, 4) is 11.8 Å². The summed E-state index contributed by atoms with van der Waals surface area (Å²) >= 11 is 0. The maximum absolute atomic E-state index is 14.6. The van der Waals surface area contributed by atoms with Gasteiger partial charge in [-0.2, -0.15) is 28.6 Å². The van der Waals surface area contributed by atoms with Gasteiger partial charge in [-0.1, -0.05) is 12.1 Å². The number of aromatic amines is 1. The average molecular weight is 904 g/mol. The van der Waals surface area contributed by atoms with Crippen molar-refractivity contribution in [3.63, 3.8) is 0 Å². The Kier molecular flexibility index (Phi) is 13.0. The monoisotopic (exact) mass is 903 g/mol. The summed E-state index contributed by atoms with van der Waals surface area (Å²) in [5, 5.41) is 40.5. The molecule has 0 spiro atoms. The number of nitriles is 1. The standard InChI is InChI=1S/C43H41F4N9O7S/c1-42(59,41(58)52-29-10-7-26(22-48)33(21-29)43(45,46)47)23-64(60,61)31-13-11-30(12-14-31)63-18-4-17-62-16-3-15-49-28-8-5-25(6-9-28)37-36(39-50-24-51-56(39)2)38-35-32(40(57)55-54-38)19-27(44)20-34(35)53-37/h5-14,19-21,24,36-37,49,53,59H,3-4,15-18,23H2,1-2H3,(H,52,58)(H,55,57)/t36-,37-,42+/m1/s1. The lowest BCUT2D eigenvalue weighted by Gasteiger charge is -2.33. The Morgan fingerprint density at radius 3 is 2.41 bits per heavy atom. The van der Waals surface area contributed by atoms with Crippen molar-refractivity contribution in [1.82, 2.24) is 25.0 Å². The summed E-state index contributed by atoms with van der Waals surface area (Å²) in [6.07, 6.45) is -2.20. The summed E-state index contributed by atoms with van der Waals surface area (Å²) in [6, 6.07) is 19.1. The number of alkyl halides is 3. The second-order valence-corrected chi connectivity index (χ2v) is 17.2. The third-order valence-corrected chi connectivity index (χ3v) is 12.4. The number of amides is 1. The zero-order valence-corrected chi connectivity index (χ0v) is 35.1. The first kappa shape index (κ1) is 45.1. The fraction of sp³-hybridized carbons (Fsp3) is 0.302. The van der Waals surface area contributed by atoms with E-state index >= 15 is 0 Å². The summed E-state index contributed by atoms with van der Waals surface area (Å²) in [6.45, 7) is 2.70. The van der Waals surface area contributed by atoms with E-state index in [4.69, 9.17) is 14.7 Å². The van der Waals surface area contributed by atoms with Gasteiger partial charge in [-0.05, 0) is 85.6 Å². The fourth-order valence-electron chi connectivity index (χ4n) is 7.32. The lowest BCUT2D eigenvalue weighted by Crippen LogP contribution is -2.45. The van der Waals surface area contributed by atoms with E-state index in [1.165, 1.54) is 48.8 Å². The zero-order chi connectivity index (χ0) is 45.8. The van der Waals surface area contributed by atoms with Gasteiger partial charge in [-0.25, -0.2) is 22.9 Å². The summed E-state index contributed by atoms with van der Waals surface area (Å²) in [7, 11) is -2.48. The highest BCUT2D eigenvalue weighted by Crippen LogP contribution is 2.46. The molecule has 0 aliphatic carbocycles. The minimum absolute atomic E-state index is 0.192. The Balaban J connectivity index is 0.832. The lowest BCUT2D eigenvalue weighted by atomic mass is 9.83. The Hall–Kier alpha value is -6.89. The van der Waals surface area contributed by atoms with E-state index in [9.17, 15) is 40.7 Å². The van der Waals surface area contributed by atoms with Crippen LogP contribution < -0.4 is 26.2 Å². The van der Waals surface area contributed by atoms with E-state index in [-0.39, 0.29) is 22.6 Å². The number of benzene rings is 4. The maximum atomic E-state index is 14.6. The Labute approximate surface area is 363 Å². The van der Waals surface area contributed by atoms with Crippen LogP contribution in [0.2, 0.25) is 0 Å². The van der Waals surface area contributed by atoms with Gasteiger partial charge in [-0.3, -0.25) is 14.3 Å². The van der Waals surface area contributed by atoms with E-state index in [2.05, 4.69) is 36.2 Å². The molecule has 3 heterocycles. The lowest BCUT2D eigenvalue weighted by molar-refractivity contribution is -0.137. The van der Waals surface area contributed by atoms with Crippen molar-refractivity contribution in [2.75, 3.05) is 48.1 Å². The smallest absolute Gasteiger partial charge is 0.417 e. The first-order chi connectivity index (χ1) is 30.4. The molecule has 0 saturated carbocycles. The highest BCUT2D eigenvalue weighted by molar-refractivity contribution is 7.91. The van der Waals surface area contributed by atoms with Crippen LogP contribution in [0.1, 0.15) is 59.9 Å². The van der Waals surface area contributed by atoms with Crippen LogP contribution in [0.15, 0.2) is 94.9 Å². The molecule has 6 aromatic rings. The number of aromatic nitrogens is 5. The van der Waals surface area contributed by atoms with Crippen LogP contribution in [0, 0.1) is 17.1 Å². The Morgan fingerprint density at radius 2 is 1.72 bits per heavy atom. The Morgan fingerprint density at radius 1 is 1.00 bits per heavy atom. The molecule has 0 radical (unpaired) electrons. The highest BCUT2D eigenvalue weighted by atomic mass is 32.2. The van der Waals surface area contributed by atoms with Gasteiger partial charge in [0.05, 0.1) is 57.5 Å². The zero-order valence-electron chi connectivity index (χ0n) is 34.2. The number of halogens is 4. The summed E-state index contributed by atoms with van der Waals surface area (Å²) in [5.41, 5.74) is -2.59. The predicted molar refractivity (Wildman–Crippen MR) is 226 cm³/mol. The van der Waals surface area contributed by atoms with Crippen LogP contribution >= 0.6 is 0 Å².